The molecule has 1 aliphatic heterocycles. The molecular formula is C37H36ClN3O9. The average Bonchev–Trinajstić information content (AvgIpc) is 3.65. The number of carbonyl (C=O) groups is 1. The zero-order valence-electron chi connectivity index (χ0n) is 28.1. The Balaban J connectivity index is 1.08. The number of hydrogen-bond donors (Lipinski definition) is 2. The molecule has 13 heteroatoms. The number of rotatable bonds is 14. The summed E-state index contributed by atoms with van der Waals surface area (Å²) >= 11 is 6.06. The summed E-state index contributed by atoms with van der Waals surface area (Å²) in [6.07, 6.45) is 0.127. The zero-order valence-corrected chi connectivity index (χ0v) is 28.9. The number of carbonyl (C=O) groups excluding carboxylic acids is 1. The molecule has 6 rings (SSSR count). The highest BCUT2D eigenvalue weighted by Gasteiger charge is 2.26. The van der Waals surface area contributed by atoms with E-state index in [9.17, 15) is 4.79 Å². The van der Waals surface area contributed by atoms with Gasteiger partial charge in [-0.05, 0) is 66.2 Å². The van der Waals surface area contributed by atoms with E-state index in [0.29, 0.717) is 87.6 Å². The number of anilines is 1. The molecule has 12 nitrogen and oxygen atoms in total. The second-order valence-electron chi connectivity index (χ2n) is 11.1. The molecule has 0 fully saturated rings. The molecule has 260 valence electrons. The second kappa shape index (κ2) is 15.2. The molecule has 1 aliphatic rings. The van der Waals surface area contributed by atoms with Gasteiger partial charge in [0.1, 0.15) is 11.9 Å². The molecular weight excluding hydrogens is 666 g/mol. The molecule has 0 bridgehead atoms. The fourth-order valence-corrected chi connectivity index (χ4v) is 5.69. The first-order valence-electron chi connectivity index (χ1n) is 15.6. The van der Waals surface area contributed by atoms with Crippen LogP contribution in [0.4, 0.5) is 5.69 Å². The van der Waals surface area contributed by atoms with E-state index in [1.54, 1.807) is 65.9 Å². The van der Waals surface area contributed by atoms with Crippen LogP contribution in [0, 0.1) is 0 Å². The number of nitrogens with one attached hydrogen (secondary N) is 2. The Hall–Kier alpha value is -5.75. The van der Waals surface area contributed by atoms with Crippen molar-refractivity contribution in [1.29, 1.82) is 0 Å². The highest BCUT2D eigenvalue weighted by molar-refractivity contribution is 6.31. The predicted octanol–water partition coefficient (Wildman–Crippen LogP) is 7.41. The Morgan fingerprint density at radius 3 is 2.06 bits per heavy atom. The van der Waals surface area contributed by atoms with Crippen LogP contribution in [-0.2, 0) is 0 Å². The molecule has 0 spiro atoms. The maximum atomic E-state index is 12.7. The van der Waals surface area contributed by atoms with Crippen molar-refractivity contribution in [2.24, 2.45) is 0 Å². The number of hydrogen-bond acceptors (Lipinski definition) is 11. The third kappa shape index (κ3) is 7.15. The molecule has 0 saturated heterocycles. The molecule has 2 heterocycles. The number of amides is 1. The van der Waals surface area contributed by atoms with Crippen LogP contribution in [0.25, 0.3) is 22.6 Å². The minimum absolute atomic E-state index is 0.214. The van der Waals surface area contributed by atoms with Gasteiger partial charge in [-0.15, -0.1) is 0 Å². The quantitative estimate of drug-likeness (QED) is 0.112. The average molecular weight is 702 g/mol. The summed E-state index contributed by atoms with van der Waals surface area (Å²) in [5, 5.41) is 11.0. The van der Waals surface area contributed by atoms with Gasteiger partial charge in [-0.2, -0.15) is 0 Å². The Labute approximate surface area is 294 Å². The summed E-state index contributed by atoms with van der Waals surface area (Å²) in [7, 11) is 7.82. The van der Waals surface area contributed by atoms with E-state index in [4.69, 9.17) is 49.3 Å². The van der Waals surface area contributed by atoms with E-state index in [-0.39, 0.29) is 5.91 Å². The Bertz CT molecular complexity index is 1970. The van der Waals surface area contributed by atoms with E-state index in [1.807, 2.05) is 42.5 Å². The van der Waals surface area contributed by atoms with Crippen molar-refractivity contribution in [1.82, 2.24) is 10.5 Å². The maximum Gasteiger partial charge on any atom is 0.255 e. The van der Waals surface area contributed by atoms with Crippen molar-refractivity contribution in [2.75, 3.05) is 54.1 Å². The summed E-state index contributed by atoms with van der Waals surface area (Å²) < 4.78 is 45.4. The van der Waals surface area contributed by atoms with Gasteiger partial charge in [0, 0.05) is 34.3 Å². The first-order chi connectivity index (χ1) is 24.3. The lowest BCUT2D eigenvalue weighted by Crippen LogP contribution is -2.38. The lowest BCUT2D eigenvalue weighted by Gasteiger charge is -2.28. The monoisotopic (exact) mass is 701 g/mol. The Morgan fingerprint density at radius 1 is 0.680 bits per heavy atom. The molecule has 1 unspecified atom stereocenters. The maximum absolute atomic E-state index is 12.7. The van der Waals surface area contributed by atoms with Crippen molar-refractivity contribution in [3.8, 4) is 62.8 Å². The van der Waals surface area contributed by atoms with Gasteiger partial charge in [-0.25, -0.2) is 0 Å². The van der Waals surface area contributed by atoms with Gasteiger partial charge in [0.2, 0.25) is 5.75 Å². The van der Waals surface area contributed by atoms with E-state index < -0.39 is 6.17 Å². The number of nitrogens with zero attached hydrogens (tertiary/aromatic N) is 1. The van der Waals surface area contributed by atoms with Gasteiger partial charge >= 0.3 is 0 Å². The van der Waals surface area contributed by atoms with Crippen LogP contribution in [0.15, 0.2) is 77.3 Å². The van der Waals surface area contributed by atoms with Crippen LogP contribution >= 0.6 is 11.6 Å². The van der Waals surface area contributed by atoms with Crippen molar-refractivity contribution in [3.05, 3.63) is 88.9 Å². The van der Waals surface area contributed by atoms with E-state index >= 15 is 0 Å². The second-order valence-corrected chi connectivity index (χ2v) is 11.5. The van der Waals surface area contributed by atoms with E-state index in [0.717, 1.165) is 16.7 Å². The summed E-state index contributed by atoms with van der Waals surface area (Å²) in [4.78, 5) is 12.7. The third-order valence-electron chi connectivity index (χ3n) is 8.05. The van der Waals surface area contributed by atoms with E-state index in [2.05, 4.69) is 15.8 Å². The number of fused-ring (bicyclic) bond motifs is 1. The molecule has 50 heavy (non-hydrogen) atoms. The smallest absolute Gasteiger partial charge is 0.255 e. The molecule has 0 radical (unpaired) electrons. The van der Waals surface area contributed by atoms with Crippen LogP contribution in [0.1, 0.15) is 28.5 Å². The van der Waals surface area contributed by atoms with Gasteiger partial charge in [0.25, 0.3) is 5.91 Å². The van der Waals surface area contributed by atoms with Crippen LogP contribution < -0.4 is 43.8 Å². The number of methoxy groups -OCH3 is 5. The topological polar surface area (TPSA) is 132 Å². The van der Waals surface area contributed by atoms with E-state index in [1.165, 1.54) is 0 Å². The number of aromatic nitrogens is 1. The fraction of sp³-hybridized carbons (Fsp3) is 0.243. The van der Waals surface area contributed by atoms with Crippen molar-refractivity contribution < 1.29 is 42.5 Å². The molecule has 0 saturated carbocycles. The molecule has 2 N–H and O–H groups in total. The Morgan fingerprint density at radius 2 is 1.36 bits per heavy atom. The predicted molar refractivity (Wildman–Crippen MR) is 187 cm³/mol. The van der Waals surface area contributed by atoms with Crippen molar-refractivity contribution in [2.45, 2.75) is 12.6 Å². The van der Waals surface area contributed by atoms with Crippen LogP contribution in [0.3, 0.4) is 0 Å². The Kier molecular flexibility index (Phi) is 10.4. The highest BCUT2D eigenvalue weighted by atomic mass is 35.5. The van der Waals surface area contributed by atoms with Crippen molar-refractivity contribution >= 4 is 23.2 Å². The number of benzene rings is 4. The van der Waals surface area contributed by atoms with Crippen molar-refractivity contribution in [3.63, 3.8) is 0 Å². The molecule has 1 amide bonds. The molecule has 5 aromatic rings. The lowest BCUT2D eigenvalue weighted by atomic mass is 10.1. The highest BCUT2D eigenvalue weighted by Crippen LogP contribution is 2.42. The van der Waals surface area contributed by atoms with Crippen LogP contribution in [-0.4, -0.2) is 59.8 Å². The number of halogens is 1. The summed E-state index contributed by atoms with van der Waals surface area (Å²) in [5.74, 6) is 4.06. The van der Waals surface area contributed by atoms with Gasteiger partial charge < -0.3 is 48.3 Å². The van der Waals surface area contributed by atoms with Gasteiger partial charge in [0.15, 0.2) is 40.3 Å². The normalized spacial score (nSPS) is 13.4. The first kappa shape index (κ1) is 34.1. The standard InChI is InChI=1S/C37H36ClN3O9/c1-43-28-11-7-21(30-20-27(41-50-30)23-17-33(45-3)35(47-5)34(18-23)46-4)15-32(28)49-14-6-13-48-29-12-8-22(16-31(29)44-2)36-39-26-10-9-24(38)19-25(26)37(42)40-36/h7-12,15-20,36,39H,6,13-14H2,1-5H3,(H,40,42). The summed E-state index contributed by atoms with van der Waals surface area (Å²) in [6.45, 7) is 0.721. The number of ether oxygens (including phenoxy) is 7. The third-order valence-corrected chi connectivity index (χ3v) is 8.28. The minimum atomic E-state index is -0.448. The molecule has 1 atom stereocenters. The van der Waals surface area contributed by atoms with Crippen LogP contribution in [0.2, 0.25) is 5.02 Å². The van der Waals surface area contributed by atoms with Gasteiger partial charge in [-0.1, -0.05) is 22.8 Å². The SMILES string of the molecule is COc1cc(C2NC(=O)c3cc(Cl)ccc3N2)ccc1OCCCOc1cc(-c2cc(-c3cc(OC)c(OC)c(OC)c3)no2)ccc1OC. The van der Waals surface area contributed by atoms with Crippen LogP contribution in [0.5, 0.6) is 40.2 Å². The first-order valence-corrected chi connectivity index (χ1v) is 16.0. The summed E-state index contributed by atoms with van der Waals surface area (Å²) in [5.41, 5.74) is 4.08. The largest absolute Gasteiger partial charge is 0.493 e. The summed E-state index contributed by atoms with van der Waals surface area (Å²) in [6, 6.07) is 21.6. The van der Waals surface area contributed by atoms with Gasteiger partial charge in [-0.3, -0.25) is 4.79 Å². The molecule has 1 aromatic heterocycles. The zero-order chi connectivity index (χ0) is 35.2. The molecule has 4 aromatic carbocycles. The molecule has 0 aliphatic carbocycles. The van der Waals surface area contributed by atoms with Gasteiger partial charge in [0.05, 0.1) is 54.3 Å². The lowest BCUT2D eigenvalue weighted by molar-refractivity contribution is 0.0935. The minimum Gasteiger partial charge on any atom is -0.493 e. The fourth-order valence-electron chi connectivity index (χ4n) is 5.52.